The van der Waals surface area contributed by atoms with Crippen LogP contribution in [0.25, 0.3) is 0 Å². The second kappa shape index (κ2) is 6.18. The van der Waals surface area contributed by atoms with Crippen molar-refractivity contribution < 1.29 is 9.47 Å². The van der Waals surface area contributed by atoms with Crippen molar-refractivity contribution >= 4 is 11.8 Å². The van der Waals surface area contributed by atoms with Crippen LogP contribution in [0.5, 0.6) is 0 Å². The van der Waals surface area contributed by atoms with Crippen molar-refractivity contribution in [3.63, 3.8) is 0 Å². The van der Waals surface area contributed by atoms with Crippen LogP contribution in [0.1, 0.15) is 19.0 Å². The van der Waals surface area contributed by atoms with Crippen molar-refractivity contribution in [2.75, 3.05) is 19.0 Å². The molecule has 94 valence electrons. The molecular formula is C11H16N2O3S. The molecule has 0 saturated carbocycles. The topological polar surface area (TPSA) is 64.2 Å². The molecule has 1 N–H and O–H groups in total. The van der Waals surface area contributed by atoms with Gasteiger partial charge in [0.25, 0.3) is 5.56 Å². The molecule has 0 radical (unpaired) electrons. The largest absolute Gasteiger partial charge is 0.349 e. The number of ether oxygens (including phenoxy) is 2. The number of nitrogens with zero attached hydrogens (tertiary/aromatic N) is 1. The smallest absolute Gasteiger partial charge is 0.251 e. The first-order chi connectivity index (χ1) is 8.28. The molecule has 0 amide bonds. The van der Waals surface area contributed by atoms with Crippen LogP contribution in [0, 0.1) is 0 Å². The van der Waals surface area contributed by atoms with Gasteiger partial charge in [-0.1, -0.05) is 25.1 Å². The van der Waals surface area contributed by atoms with Gasteiger partial charge in [-0.2, -0.15) is 0 Å². The summed E-state index contributed by atoms with van der Waals surface area (Å²) in [6.45, 7) is 3.35. The number of rotatable bonds is 5. The highest BCUT2D eigenvalue weighted by Crippen LogP contribution is 2.17. The van der Waals surface area contributed by atoms with E-state index in [0.717, 1.165) is 18.5 Å². The van der Waals surface area contributed by atoms with Crippen LogP contribution in [-0.2, 0) is 15.9 Å². The van der Waals surface area contributed by atoms with Crippen LogP contribution in [0.4, 0.5) is 0 Å². The third-order valence-electron chi connectivity index (χ3n) is 2.33. The Balaban J connectivity index is 1.96. The van der Waals surface area contributed by atoms with Crippen LogP contribution in [-0.4, -0.2) is 35.2 Å². The van der Waals surface area contributed by atoms with Crippen LogP contribution in [0.2, 0.25) is 0 Å². The molecule has 17 heavy (non-hydrogen) atoms. The molecule has 1 aliphatic rings. The van der Waals surface area contributed by atoms with Crippen molar-refractivity contribution in [2.24, 2.45) is 0 Å². The van der Waals surface area contributed by atoms with Crippen LogP contribution >= 0.6 is 11.8 Å². The van der Waals surface area contributed by atoms with E-state index in [1.165, 1.54) is 11.8 Å². The van der Waals surface area contributed by atoms with E-state index < -0.39 is 0 Å². The molecule has 0 aliphatic carbocycles. The fraction of sp³-hybridized carbons (Fsp3) is 0.636. The number of nitrogens with one attached hydrogen (secondary N) is 1. The van der Waals surface area contributed by atoms with E-state index in [2.05, 4.69) is 16.9 Å². The van der Waals surface area contributed by atoms with Crippen molar-refractivity contribution in [1.29, 1.82) is 0 Å². The summed E-state index contributed by atoms with van der Waals surface area (Å²) in [4.78, 5) is 18.5. The third-order valence-corrected chi connectivity index (χ3v) is 3.23. The molecule has 0 aromatic carbocycles. The normalized spacial score (nSPS) is 16.5. The first-order valence-electron chi connectivity index (χ1n) is 5.74. The number of hydrogen-bond acceptors (Lipinski definition) is 5. The second-order valence-corrected chi connectivity index (χ2v) is 4.78. The molecule has 2 rings (SSSR count). The Morgan fingerprint density at radius 1 is 1.53 bits per heavy atom. The fourth-order valence-electron chi connectivity index (χ4n) is 1.59. The van der Waals surface area contributed by atoms with Gasteiger partial charge in [0.1, 0.15) is 0 Å². The lowest BCUT2D eigenvalue weighted by atomic mass is 10.2. The predicted molar refractivity (Wildman–Crippen MR) is 65.3 cm³/mol. The third kappa shape index (κ3) is 3.83. The number of H-pyrrole nitrogens is 1. The number of aryl methyl sites for hydroxylation is 1. The molecule has 0 atom stereocenters. The average molecular weight is 256 g/mol. The molecule has 6 heteroatoms. The summed E-state index contributed by atoms with van der Waals surface area (Å²) < 4.78 is 10.6. The first kappa shape index (κ1) is 12.6. The molecular weight excluding hydrogens is 240 g/mol. The standard InChI is InChI=1S/C11H16N2O3S/c1-2-3-8-6-9(14)13-11(12-8)17-7-10-15-4-5-16-10/h6,10H,2-5,7H2,1H3,(H,12,13,14). The zero-order chi connectivity index (χ0) is 12.1. The Bertz CT molecular complexity index is 415. The van der Waals surface area contributed by atoms with E-state index >= 15 is 0 Å². The summed E-state index contributed by atoms with van der Waals surface area (Å²) in [6, 6.07) is 1.55. The summed E-state index contributed by atoms with van der Waals surface area (Å²) in [6.07, 6.45) is 1.63. The summed E-state index contributed by atoms with van der Waals surface area (Å²) >= 11 is 1.46. The monoisotopic (exact) mass is 256 g/mol. The maximum atomic E-state index is 11.4. The van der Waals surface area contributed by atoms with E-state index in [4.69, 9.17) is 9.47 Å². The highest BCUT2D eigenvalue weighted by molar-refractivity contribution is 7.99. The Labute approximate surface area is 104 Å². The maximum Gasteiger partial charge on any atom is 0.251 e. The molecule has 0 bridgehead atoms. The minimum Gasteiger partial charge on any atom is -0.349 e. The fourth-order valence-corrected chi connectivity index (χ4v) is 2.43. The van der Waals surface area contributed by atoms with Gasteiger partial charge in [-0.15, -0.1) is 0 Å². The lowest BCUT2D eigenvalue weighted by Gasteiger charge is -2.08. The molecule has 5 nitrogen and oxygen atoms in total. The molecule has 1 aliphatic heterocycles. The molecule has 1 aromatic heterocycles. The first-order valence-corrected chi connectivity index (χ1v) is 6.72. The van der Waals surface area contributed by atoms with Gasteiger partial charge in [0.15, 0.2) is 11.4 Å². The molecule has 1 aromatic rings. The van der Waals surface area contributed by atoms with Gasteiger partial charge in [-0.05, 0) is 6.42 Å². The quantitative estimate of drug-likeness (QED) is 0.633. The molecule has 2 heterocycles. The van der Waals surface area contributed by atoms with Crippen molar-refractivity contribution in [1.82, 2.24) is 9.97 Å². The number of aromatic nitrogens is 2. The average Bonchev–Trinajstić information content (AvgIpc) is 2.79. The number of aromatic amines is 1. The lowest BCUT2D eigenvalue weighted by Crippen LogP contribution is -2.14. The zero-order valence-electron chi connectivity index (χ0n) is 9.77. The minimum atomic E-state index is -0.180. The Kier molecular flexibility index (Phi) is 4.58. The van der Waals surface area contributed by atoms with Gasteiger partial charge < -0.3 is 14.5 Å². The summed E-state index contributed by atoms with van der Waals surface area (Å²) in [7, 11) is 0. The van der Waals surface area contributed by atoms with Gasteiger partial charge in [0.2, 0.25) is 0 Å². The Hall–Kier alpha value is -0.850. The minimum absolute atomic E-state index is 0.0980. The summed E-state index contributed by atoms with van der Waals surface area (Å²) in [5.74, 6) is 0.651. The zero-order valence-corrected chi connectivity index (χ0v) is 10.6. The van der Waals surface area contributed by atoms with Gasteiger partial charge in [-0.25, -0.2) is 4.98 Å². The van der Waals surface area contributed by atoms with Gasteiger partial charge in [-0.3, -0.25) is 4.79 Å². The number of thioether (sulfide) groups is 1. The SMILES string of the molecule is CCCc1cc(=O)[nH]c(SCC2OCCO2)n1. The van der Waals surface area contributed by atoms with Crippen molar-refractivity contribution in [2.45, 2.75) is 31.2 Å². The highest BCUT2D eigenvalue weighted by atomic mass is 32.2. The second-order valence-electron chi connectivity index (χ2n) is 3.77. The van der Waals surface area contributed by atoms with Crippen molar-refractivity contribution in [3.8, 4) is 0 Å². The maximum absolute atomic E-state index is 11.4. The van der Waals surface area contributed by atoms with Crippen LogP contribution in [0.3, 0.4) is 0 Å². The van der Waals surface area contributed by atoms with Crippen LogP contribution in [0.15, 0.2) is 16.0 Å². The van der Waals surface area contributed by atoms with E-state index in [-0.39, 0.29) is 11.8 Å². The summed E-state index contributed by atoms with van der Waals surface area (Å²) in [5.41, 5.74) is 0.742. The molecule has 0 spiro atoms. The Morgan fingerprint density at radius 3 is 3.00 bits per heavy atom. The van der Waals surface area contributed by atoms with E-state index in [1.807, 2.05) is 0 Å². The predicted octanol–water partition coefficient (Wildman–Crippen LogP) is 1.19. The number of hydrogen-bond donors (Lipinski definition) is 1. The lowest BCUT2D eigenvalue weighted by molar-refractivity contribution is -0.0215. The molecule has 0 unspecified atom stereocenters. The van der Waals surface area contributed by atoms with Gasteiger partial charge >= 0.3 is 0 Å². The summed E-state index contributed by atoms with van der Waals surface area (Å²) in [5, 5.41) is 0.639. The van der Waals surface area contributed by atoms with Crippen LogP contribution < -0.4 is 5.56 Å². The van der Waals surface area contributed by atoms with E-state index in [0.29, 0.717) is 24.1 Å². The van der Waals surface area contributed by atoms with E-state index in [1.54, 1.807) is 6.07 Å². The Morgan fingerprint density at radius 2 is 2.29 bits per heavy atom. The van der Waals surface area contributed by atoms with Gasteiger partial charge in [0, 0.05) is 11.8 Å². The van der Waals surface area contributed by atoms with Crippen molar-refractivity contribution in [3.05, 3.63) is 22.1 Å². The molecule has 1 saturated heterocycles. The van der Waals surface area contributed by atoms with E-state index in [9.17, 15) is 4.79 Å². The van der Waals surface area contributed by atoms with Gasteiger partial charge in [0.05, 0.1) is 19.0 Å². The molecule has 1 fully saturated rings. The highest BCUT2D eigenvalue weighted by Gasteiger charge is 2.16.